The summed E-state index contributed by atoms with van der Waals surface area (Å²) in [5, 5.41) is 0. The summed E-state index contributed by atoms with van der Waals surface area (Å²) < 4.78 is 5.25. The van der Waals surface area contributed by atoms with Crippen molar-refractivity contribution in [3.63, 3.8) is 0 Å². The number of amides is 1. The maximum Gasteiger partial charge on any atom is 0.224 e. The summed E-state index contributed by atoms with van der Waals surface area (Å²) in [4.78, 5) is 13.7. The Bertz CT molecular complexity index is 447. The first kappa shape index (κ1) is 13.1. The highest BCUT2D eigenvalue weighted by atomic mass is 16.5. The van der Waals surface area contributed by atoms with E-state index in [1.165, 1.54) is 0 Å². The Kier molecular flexibility index (Phi) is 3.68. The molecule has 3 atom stereocenters. The minimum Gasteiger partial charge on any atom is -0.383 e. The number of rotatable bonds is 2. The quantitative estimate of drug-likeness (QED) is 0.866. The van der Waals surface area contributed by atoms with Gasteiger partial charge in [-0.3, -0.25) is 4.79 Å². The van der Waals surface area contributed by atoms with Crippen LogP contribution in [0.2, 0.25) is 0 Å². The minimum atomic E-state index is -0.0584. The highest BCUT2D eigenvalue weighted by Crippen LogP contribution is 2.39. The summed E-state index contributed by atoms with van der Waals surface area (Å²) in [5.74, 6) is 0.201. The molecule has 0 spiro atoms. The molecule has 4 nitrogen and oxygen atoms in total. The molecule has 1 aliphatic heterocycles. The van der Waals surface area contributed by atoms with E-state index in [1.54, 1.807) is 14.0 Å². The lowest BCUT2D eigenvalue weighted by atomic mass is 9.83. The first-order valence-corrected chi connectivity index (χ1v) is 6.21. The zero-order chi connectivity index (χ0) is 13.3. The van der Waals surface area contributed by atoms with Crippen molar-refractivity contribution < 1.29 is 9.53 Å². The van der Waals surface area contributed by atoms with Crippen LogP contribution in [0.15, 0.2) is 24.3 Å². The fourth-order valence-electron chi connectivity index (χ4n) is 2.73. The smallest absolute Gasteiger partial charge is 0.224 e. The van der Waals surface area contributed by atoms with Crippen molar-refractivity contribution in [3.8, 4) is 0 Å². The number of carbonyl (C=O) groups excluding carboxylic acids is 1. The van der Waals surface area contributed by atoms with E-state index in [2.05, 4.69) is 6.92 Å². The Balaban J connectivity index is 2.51. The van der Waals surface area contributed by atoms with E-state index >= 15 is 0 Å². The SMILES string of the molecule is COC[C@H]1[C@H](C)[C@@H](N)c2ccccc2N1C(C)=O. The van der Waals surface area contributed by atoms with Crippen molar-refractivity contribution >= 4 is 11.6 Å². The highest BCUT2D eigenvalue weighted by molar-refractivity contribution is 5.93. The molecule has 0 saturated heterocycles. The highest BCUT2D eigenvalue weighted by Gasteiger charge is 2.38. The average Bonchev–Trinajstić information content (AvgIpc) is 2.35. The fraction of sp³-hybridized carbons (Fsp3) is 0.500. The summed E-state index contributed by atoms with van der Waals surface area (Å²) in [6.45, 7) is 4.16. The van der Waals surface area contributed by atoms with Gasteiger partial charge in [0.05, 0.1) is 12.6 Å². The third-order valence-corrected chi connectivity index (χ3v) is 3.74. The number of para-hydroxylation sites is 1. The predicted octanol–water partition coefficient (Wildman–Crippen LogP) is 1.70. The molecule has 98 valence electrons. The zero-order valence-electron chi connectivity index (χ0n) is 11.1. The second-order valence-electron chi connectivity index (χ2n) is 4.86. The van der Waals surface area contributed by atoms with Crippen molar-refractivity contribution in [2.75, 3.05) is 18.6 Å². The van der Waals surface area contributed by atoms with Gasteiger partial charge in [-0.1, -0.05) is 25.1 Å². The van der Waals surface area contributed by atoms with E-state index in [9.17, 15) is 4.79 Å². The second kappa shape index (κ2) is 5.08. The Morgan fingerprint density at radius 3 is 2.72 bits per heavy atom. The molecule has 1 aromatic carbocycles. The number of anilines is 1. The second-order valence-corrected chi connectivity index (χ2v) is 4.86. The van der Waals surface area contributed by atoms with Crippen LogP contribution in [0, 0.1) is 5.92 Å². The van der Waals surface area contributed by atoms with Gasteiger partial charge in [0.15, 0.2) is 0 Å². The number of methoxy groups -OCH3 is 1. The van der Waals surface area contributed by atoms with Crippen LogP contribution in [0.4, 0.5) is 5.69 Å². The van der Waals surface area contributed by atoms with Gasteiger partial charge in [-0.05, 0) is 17.5 Å². The summed E-state index contributed by atoms with van der Waals surface area (Å²) in [6.07, 6.45) is 0. The van der Waals surface area contributed by atoms with Crippen LogP contribution in [-0.2, 0) is 9.53 Å². The molecule has 0 unspecified atom stereocenters. The minimum absolute atomic E-state index is 0.00241. The fourth-order valence-corrected chi connectivity index (χ4v) is 2.73. The number of benzene rings is 1. The van der Waals surface area contributed by atoms with E-state index in [0.29, 0.717) is 6.61 Å². The van der Waals surface area contributed by atoms with Crippen molar-refractivity contribution in [2.24, 2.45) is 11.7 Å². The van der Waals surface area contributed by atoms with Gasteiger partial charge in [0.2, 0.25) is 5.91 Å². The monoisotopic (exact) mass is 248 g/mol. The summed E-state index contributed by atoms with van der Waals surface area (Å²) in [6, 6.07) is 7.77. The van der Waals surface area contributed by atoms with Crippen molar-refractivity contribution in [1.29, 1.82) is 0 Å². The van der Waals surface area contributed by atoms with E-state index in [1.807, 2.05) is 29.2 Å². The van der Waals surface area contributed by atoms with Gasteiger partial charge in [0.1, 0.15) is 0 Å². The van der Waals surface area contributed by atoms with Crippen LogP contribution in [0.3, 0.4) is 0 Å². The number of fused-ring (bicyclic) bond motifs is 1. The molecule has 1 amide bonds. The van der Waals surface area contributed by atoms with Crippen LogP contribution < -0.4 is 10.6 Å². The summed E-state index contributed by atoms with van der Waals surface area (Å²) in [5.41, 5.74) is 8.23. The Labute approximate surface area is 108 Å². The maximum absolute atomic E-state index is 11.9. The van der Waals surface area contributed by atoms with Crippen LogP contribution in [-0.4, -0.2) is 25.7 Å². The van der Waals surface area contributed by atoms with Gasteiger partial charge in [-0.15, -0.1) is 0 Å². The van der Waals surface area contributed by atoms with E-state index in [4.69, 9.17) is 10.5 Å². The largest absolute Gasteiger partial charge is 0.383 e. The Morgan fingerprint density at radius 1 is 1.44 bits per heavy atom. The normalized spacial score (nSPS) is 26.9. The summed E-state index contributed by atoms with van der Waals surface area (Å²) >= 11 is 0. The molecule has 1 aliphatic rings. The molecule has 1 aromatic rings. The molecular weight excluding hydrogens is 228 g/mol. The lowest BCUT2D eigenvalue weighted by Gasteiger charge is -2.43. The standard InChI is InChI=1S/C14H20N2O2/c1-9-13(8-18-3)16(10(2)17)12-7-5-4-6-11(12)14(9)15/h4-7,9,13-14H,8,15H2,1-3H3/t9-,13-,14+/m0/s1. The molecule has 18 heavy (non-hydrogen) atoms. The number of ether oxygens (including phenoxy) is 1. The van der Waals surface area contributed by atoms with Crippen LogP contribution in [0.25, 0.3) is 0 Å². The molecule has 2 N–H and O–H groups in total. The topological polar surface area (TPSA) is 55.6 Å². The first-order valence-electron chi connectivity index (χ1n) is 6.21. The lowest BCUT2D eigenvalue weighted by molar-refractivity contribution is -0.117. The third kappa shape index (κ3) is 2.02. The molecule has 0 fully saturated rings. The lowest BCUT2D eigenvalue weighted by Crippen LogP contribution is -2.52. The molecule has 2 rings (SSSR count). The summed E-state index contributed by atoms with van der Waals surface area (Å²) in [7, 11) is 1.65. The van der Waals surface area contributed by atoms with Crippen LogP contribution >= 0.6 is 0 Å². The molecule has 0 radical (unpaired) electrons. The number of carbonyl (C=O) groups is 1. The molecule has 0 aliphatic carbocycles. The van der Waals surface area contributed by atoms with Gasteiger partial charge in [0.25, 0.3) is 0 Å². The van der Waals surface area contributed by atoms with Crippen molar-refractivity contribution in [3.05, 3.63) is 29.8 Å². The van der Waals surface area contributed by atoms with E-state index in [0.717, 1.165) is 11.3 Å². The molecule has 1 heterocycles. The van der Waals surface area contributed by atoms with Crippen LogP contribution in [0.5, 0.6) is 0 Å². The average molecular weight is 248 g/mol. The molecule has 0 aromatic heterocycles. The first-order chi connectivity index (χ1) is 8.57. The number of hydrogen-bond donors (Lipinski definition) is 1. The number of hydrogen-bond acceptors (Lipinski definition) is 3. The van der Waals surface area contributed by atoms with Gasteiger partial charge >= 0.3 is 0 Å². The number of nitrogens with two attached hydrogens (primary N) is 1. The molecule has 0 saturated carbocycles. The van der Waals surface area contributed by atoms with E-state index < -0.39 is 0 Å². The Hall–Kier alpha value is -1.39. The van der Waals surface area contributed by atoms with Gasteiger partial charge < -0.3 is 15.4 Å². The van der Waals surface area contributed by atoms with Crippen molar-refractivity contribution in [1.82, 2.24) is 0 Å². The van der Waals surface area contributed by atoms with E-state index in [-0.39, 0.29) is 23.9 Å². The molecular formula is C14H20N2O2. The van der Waals surface area contributed by atoms with Gasteiger partial charge in [-0.25, -0.2) is 0 Å². The number of nitrogens with zero attached hydrogens (tertiary/aromatic N) is 1. The zero-order valence-corrected chi connectivity index (χ0v) is 11.1. The van der Waals surface area contributed by atoms with Gasteiger partial charge in [-0.2, -0.15) is 0 Å². The predicted molar refractivity (Wildman–Crippen MR) is 71.4 cm³/mol. The molecule has 0 bridgehead atoms. The van der Waals surface area contributed by atoms with Crippen LogP contribution in [0.1, 0.15) is 25.5 Å². The van der Waals surface area contributed by atoms with Gasteiger partial charge in [0, 0.05) is 25.8 Å². The molecule has 4 heteroatoms. The third-order valence-electron chi connectivity index (χ3n) is 3.74. The maximum atomic E-state index is 11.9. The Morgan fingerprint density at radius 2 is 2.11 bits per heavy atom. The van der Waals surface area contributed by atoms with Crippen molar-refractivity contribution in [2.45, 2.75) is 25.9 Å².